The summed E-state index contributed by atoms with van der Waals surface area (Å²) in [5, 5.41) is 3.73. The van der Waals surface area contributed by atoms with E-state index in [1.807, 2.05) is 68.4 Å². The number of halogens is 1. The Kier molecular flexibility index (Phi) is 10.6. The molecule has 0 saturated heterocycles. The van der Waals surface area contributed by atoms with Gasteiger partial charge in [-0.1, -0.05) is 106 Å². The molecular formula is C33H41ClN2O2. The van der Waals surface area contributed by atoms with Gasteiger partial charge in [0, 0.05) is 30.5 Å². The third-order valence-electron chi connectivity index (χ3n) is 6.96. The van der Waals surface area contributed by atoms with Crippen molar-refractivity contribution in [3.8, 4) is 0 Å². The number of carbonyl (C=O) groups is 2. The third-order valence-corrected chi connectivity index (χ3v) is 7.20. The topological polar surface area (TPSA) is 49.4 Å². The molecule has 2 amide bonds. The number of hydrogen-bond donors (Lipinski definition) is 1. The van der Waals surface area contributed by atoms with Crippen molar-refractivity contribution in [2.45, 2.75) is 84.3 Å². The Morgan fingerprint density at radius 2 is 1.55 bits per heavy atom. The molecule has 0 spiro atoms. The van der Waals surface area contributed by atoms with Gasteiger partial charge in [-0.2, -0.15) is 0 Å². The van der Waals surface area contributed by atoms with Crippen LogP contribution in [0.4, 0.5) is 0 Å². The van der Waals surface area contributed by atoms with Gasteiger partial charge in [0.15, 0.2) is 0 Å². The lowest BCUT2D eigenvalue weighted by Gasteiger charge is -2.32. The molecule has 0 bridgehead atoms. The number of aryl methyl sites for hydroxylation is 1. The van der Waals surface area contributed by atoms with Crippen molar-refractivity contribution in [2.24, 2.45) is 0 Å². The lowest BCUT2D eigenvalue weighted by atomic mass is 9.86. The van der Waals surface area contributed by atoms with Gasteiger partial charge in [-0.25, -0.2) is 0 Å². The van der Waals surface area contributed by atoms with Crippen LogP contribution in [0.15, 0.2) is 78.9 Å². The molecule has 5 heteroatoms. The van der Waals surface area contributed by atoms with Gasteiger partial charge in [0.25, 0.3) is 0 Å². The molecule has 3 rings (SSSR count). The summed E-state index contributed by atoms with van der Waals surface area (Å²) in [6.07, 6.45) is 2.18. The van der Waals surface area contributed by atoms with Crippen molar-refractivity contribution in [1.29, 1.82) is 0 Å². The van der Waals surface area contributed by atoms with E-state index in [9.17, 15) is 9.59 Å². The SMILES string of the molecule is CCC(C)NC(=O)C(Cc1ccccc1)N(Cc1cccc(Cl)c1)C(=O)CCc1ccc(C(C)(C)C)cc1. The molecule has 0 heterocycles. The number of rotatable bonds is 11. The molecule has 0 aliphatic carbocycles. The zero-order chi connectivity index (χ0) is 27.7. The quantitative estimate of drug-likeness (QED) is 0.285. The van der Waals surface area contributed by atoms with Crippen LogP contribution in [-0.2, 0) is 34.4 Å². The Balaban J connectivity index is 1.89. The van der Waals surface area contributed by atoms with Crippen molar-refractivity contribution in [3.63, 3.8) is 0 Å². The van der Waals surface area contributed by atoms with E-state index in [-0.39, 0.29) is 23.3 Å². The standard InChI is InChI=1S/C33H41ClN2O2/c1-6-24(2)35-32(38)30(22-26-11-8-7-9-12-26)36(23-27-13-10-14-29(34)21-27)31(37)20-17-25-15-18-28(19-16-25)33(3,4)5/h7-16,18-19,21,24,30H,6,17,20,22-23H2,1-5H3,(H,35,38). The number of amides is 2. The fourth-order valence-corrected chi connectivity index (χ4v) is 4.61. The fourth-order valence-electron chi connectivity index (χ4n) is 4.39. The number of carbonyl (C=O) groups excluding carboxylic acids is 2. The summed E-state index contributed by atoms with van der Waals surface area (Å²) in [5.74, 6) is -0.182. The van der Waals surface area contributed by atoms with Crippen molar-refractivity contribution in [3.05, 3.63) is 106 Å². The Hall–Kier alpha value is -3.11. The first-order chi connectivity index (χ1) is 18.1. The Labute approximate surface area is 233 Å². The van der Waals surface area contributed by atoms with E-state index < -0.39 is 6.04 Å². The summed E-state index contributed by atoms with van der Waals surface area (Å²) in [5.41, 5.74) is 4.36. The predicted molar refractivity (Wildman–Crippen MR) is 157 cm³/mol. The maximum absolute atomic E-state index is 13.8. The van der Waals surface area contributed by atoms with Gasteiger partial charge in [-0.05, 0) is 59.6 Å². The minimum absolute atomic E-state index is 0.0187. The van der Waals surface area contributed by atoms with Crippen LogP contribution < -0.4 is 5.32 Å². The van der Waals surface area contributed by atoms with E-state index in [0.29, 0.717) is 30.8 Å². The van der Waals surface area contributed by atoms with Gasteiger partial charge in [-0.3, -0.25) is 9.59 Å². The van der Waals surface area contributed by atoms with Gasteiger partial charge in [0.1, 0.15) is 6.04 Å². The van der Waals surface area contributed by atoms with E-state index in [1.165, 1.54) is 5.56 Å². The van der Waals surface area contributed by atoms with Crippen LogP contribution in [0.25, 0.3) is 0 Å². The van der Waals surface area contributed by atoms with E-state index in [1.54, 1.807) is 4.90 Å². The van der Waals surface area contributed by atoms with Gasteiger partial charge >= 0.3 is 0 Å². The summed E-state index contributed by atoms with van der Waals surface area (Å²) >= 11 is 6.27. The summed E-state index contributed by atoms with van der Waals surface area (Å²) in [6, 6.07) is 25.3. The number of benzene rings is 3. The Bertz CT molecular complexity index is 1190. The zero-order valence-corrected chi connectivity index (χ0v) is 24.1. The molecule has 3 aromatic carbocycles. The van der Waals surface area contributed by atoms with Crippen LogP contribution in [0.5, 0.6) is 0 Å². The number of nitrogens with one attached hydrogen (secondary N) is 1. The highest BCUT2D eigenvalue weighted by Gasteiger charge is 2.30. The highest BCUT2D eigenvalue weighted by atomic mass is 35.5. The summed E-state index contributed by atoms with van der Waals surface area (Å²) < 4.78 is 0. The van der Waals surface area contributed by atoms with Crippen LogP contribution >= 0.6 is 11.6 Å². The molecule has 0 aromatic heterocycles. The second-order valence-corrected chi connectivity index (χ2v) is 11.6. The van der Waals surface area contributed by atoms with Crippen LogP contribution in [0, 0.1) is 0 Å². The largest absolute Gasteiger partial charge is 0.352 e. The fraction of sp³-hybridized carbons (Fsp3) is 0.394. The predicted octanol–water partition coefficient (Wildman–Crippen LogP) is 7.12. The van der Waals surface area contributed by atoms with Crippen LogP contribution in [0.2, 0.25) is 5.02 Å². The summed E-state index contributed by atoms with van der Waals surface area (Å²) in [6.45, 7) is 10.9. The molecule has 202 valence electrons. The molecule has 0 radical (unpaired) electrons. The lowest BCUT2D eigenvalue weighted by molar-refractivity contribution is -0.141. The minimum Gasteiger partial charge on any atom is -0.352 e. The summed E-state index contributed by atoms with van der Waals surface area (Å²) in [4.78, 5) is 29.2. The van der Waals surface area contributed by atoms with Crippen molar-refractivity contribution >= 4 is 23.4 Å². The molecule has 2 unspecified atom stereocenters. The molecule has 2 atom stereocenters. The highest BCUT2D eigenvalue weighted by molar-refractivity contribution is 6.30. The third kappa shape index (κ3) is 8.73. The maximum Gasteiger partial charge on any atom is 0.243 e. The zero-order valence-electron chi connectivity index (χ0n) is 23.3. The molecule has 0 fully saturated rings. The van der Waals surface area contributed by atoms with E-state index in [4.69, 9.17) is 11.6 Å². The first-order valence-corrected chi connectivity index (χ1v) is 13.9. The lowest BCUT2D eigenvalue weighted by Crippen LogP contribution is -2.52. The number of hydrogen-bond acceptors (Lipinski definition) is 2. The molecular weight excluding hydrogens is 492 g/mol. The van der Waals surface area contributed by atoms with Gasteiger partial charge in [0.05, 0.1) is 0 Å². The molecule has 3 aromatic rings. The molecule has 0 aliphatic heterocycles. The van der Waals surface area contributed by atoms with E-state index in [0.717, 1.165) is 23.1 Å². The van der Waals surface area contributed by atoms with Crippen molar-refractivity contribution < 1.29 is 9.59 Å². The molecule has 1 N–H and O–H groups in total. The van der Waals surface area contributed by atoms with Crippen LogP contribution in [-0.4, -0.2) is 28.8 Å². The van der Waals surface area contributed by atoms with Gasteiger partial charge < -0.3 is 10.2 Å². The minimum atomic E-state index is -0.638. The number of nitrogens with zero attached hydrogens (tertiary/aromatic N) is 1. The molecule has 0 saturated carbocycles. The van der Waals surface area contributed by atoms with E-state index in [2.05, 4.69) is 50.4 Å². The van der Waals surface area contributed by atoms with Crippen molar-refractivity contribution in [1.82, 2.24) is 10.2 Å². The monoisotopic (exact) mass is 532 g/mol. The van der Waals surface area contributed by atoms with Crippen molar-refractivity contribution in [2.75, 3.05) is 0 Å². The Morgan fingerprint density at radius 3 is 2.16 bits per heavy atom. The second kappa shape index (κ2) is 13.6. The molecule has 38 heavy (non-hydrogen) atoms. The smallest absolute Gasteiger partial charge is 0.243 e. The highest BCUT2D eigenvalue weighted by Crippen LogP contribution is 2.23. The maximum atomic E-state index is 13.8. The summed E-state index contributed by atoms with van der Waals surface area (Å²) in [7, 11) is 0. The van der Waals surface area contributed by atoms with Crippen LogP contribution in [0.3, 0.4) is 0 Å². The van der Waals surface area contributed by atoms with Crippen LogP contribution in [0.1, 0.15) is 69.7 Å². The molecule has 0 aliphatic rings. The average Bonchev–Trinajstić information content (AvgIpc) is 2.89. The average molecular weight is 533 g/mol. The second-order valence-electron chi connectivity index (χ2n) is 11.1. The molecule has 4 nitrogen and oxygen atoms in total. The van der Waals surface area contributed by atoms with E-state index >= 15 is 0 Å². The Morgan fingerprint density at radius 1 is 0.895 bits per heavy atom. The first kappa shape index (κ1) is 29.4. The first-order valence-electron chi connectivity index (χ1n) is 13.5. The normalized spacial score (nSPS) is 13.0. The van der Waals surface area contributed by atoms with Gasteiger partial charge in [-0.15, -0.1) is 0 Å². The van der Waals surface area contributed by atoms with Gasteiger partial charge in [0.2, 0.25) is 11.8 Å².